The van der Waals surface area contributed by atoms with E-state index in [0.717, 1.165) is 16.7 Å². The van der Waals surface area contributed by atoms with E-state index in [9.17, 15) is 5.11 Å². The van der Waals surface area contributed by atoms with Crippen LogP contribution in [0.25, 0.3) is 0 Å². The lowest BCUT2D eigenvalue weighted by Gasteiger charge is -2.13. The zero-order valence-electron chi connectivity index (χ0n) is 12.2. The first-order chi connectivity index (χ1) is 9.92. The van der Waals surface area contributed by atoms with Gasteiger partial charge in [0.25, 0.3) is 0 Å². The van der Waals surface area contributed by atoms with Crippen molar-refractivity contribution in [2.75, 3.05) is 7.11 Å². The summed E-state index contributed by atoms with van der Waals surface area (Å²) in [6, 6.07) is 5.03. The van der Waals surface area contributed by atoms with Crippen LogP contribution in [0.3, 0.4) is 0 Å². The molecule has 1 N–H and O–H groups in total. The number of phenols is 1. The number of aromatic nitrogens is 1. The largest absolute Gasteiger partial charge is 0.508 e. The first-order valence-corrected chi connectivity index (χ1v) is 7.37. The van der Waals surface area contributed by atoms with E-state index in [0.29, 0.717) is 28.3 Å². The molecule has 0 aliphatic heterocycles. The highest BCUT2D eigenvalue weighted by molar-refractivity contribution is 6.36. The second-order valence-electron chi connectivity index (χ2n) is 5.16. The smallest absolute Gasteiger partial charge is 0.216 e. The van der Waals surface area contributed by atoms with E-state index in [2.05, 4.69) is 24.9 Å². The third-order valence-electron chi connectivity index (χ3n) is 3.26. The molecule has 0 aliphatic rings. The average molecular weight is 326 g/mol. The minimum Gasteiger partial charge on any atom is -0.508 e. The molecule has 5 heteroatoms. The van der Waals surface area contributed by atoms with E-state index in [-0.39, 0.29) is 5.75 Å². The fraction of sp³-hybridized carbons (Fsp3) is 0.312. The zero-order valence-corrected chi connectivity index (χ0v) is 13.7. The van der Waals surface area contributed by atoms with Gasteiger partial charge in [0.1, 0.15) is 5.75 Å². The number of phenolic OH excluding ortho intramolecular Hbond substituents is 1. The summed E-state index contributed by atoms with van der Waals surface area (Å²) in [5.41, 5.74) is 2.81. The molecule has 2 aromatic rings. The Kier molecular flexibility index (Phi) is 4.96. The number of pyridine rings is 1. The summed E-state index contributed by atoms with van der Waals surface area (Å²) in [4.78, 5) is 4.33. The normalized spacial score (nSPS) is 11.0. The summed E-state index contributed by atoms with van der Waals surface area (Å²) in [6.45, 7) is 4.17. The maximum Gasteiger partial charge on any atom is 0.216 e. The van der Waals surface area contributed by atoms with Crippen molar-refractivity contribution in [3.8, 4) is 11.6 Å². The Morgan fingerprint density at radius 3 is 2.33 bits per heavy atom. The molecule has 2 rings (SSSR count). The fourth-order valence-electron chi connectivity index (χ4n) is 2.16. The van der Waals surface area contributed by atoms with Crippen LogP contribution < -0.4 is 4.74 Å². The summed E-state index contributed by atoms with van der Waals surface area (Å²) in [5.74, 6) is 0.999. The van der Waals surface area contributed by atoms with Crippen molar-refractivity contribution < 1.29 is 9.84 Å². The highest BCUT2D eigenvalue weighted by Crippen LogP contribution is 2.32. The minimum atomic E-state index is 0.0597. The molecule has 0 bridgehead atoms. The van der Waals surface area contributed by atoms with Gasteiger partial charge < -0.3 is 9.84 Å². The highest BCUT2D eigenvalue weighted by Gasteiger charge is 2.13. The van der Waals surface area contributed by atoms with Crippen molar-refractivity contribution in [2.45, 2.75) is 26.2 Å². The SMILES string of the molecule is COc1ncc(Cc2c(Cl)cc(O)cc2Cl)cc1C(C)C. The lowest BCUT2D eigenvalue weighted by atomic mass is 9.99. The summed E-state index contributed by atoms with van der Waals surface area (Å²) in [5, 5.41) is 10.4. The number of halogens is 2. The van der Waals surface area contributed by atoms with Gasteiger partial charge in [0.05, 0.1) is 7.11 Å². The predicted molar refractivity (Wildman–Crippen MR) is 85.8 cm³/mol. The van der Waals surface area contributed by atoms with Crippen LogP contribution in [-0.2, 0) is 6.42 Å². The molecule has 0 unspecified atom stereocenters. The van der Waals surface area contributed by atoms with Crippen molar-refractivity contribution in [3.05, 3.63) is 51.1 Å². The van der Waals surface area contributed by atoms with Gasteiger partial charge in [-0.3, -0.25) is 0 Å². The molecule has 0 atom stereocenters. The average Bonchev–Trinajstić information content (AvgIpc) is 2.42. The highest BCUT2D eigenvalue weighted by atomic mass is 35.5. The molecule has 0 saturated carbocycles. The molecule has 112 valence electrons. The van der Waals surface area contributed by atoms with Gasteiger partial charge in [0, 0.05) is 28.2 Å². The molecule has 3 nitrogen and oxygen atoms in total. The van der Waals surface area contributed by atoms with E-state index in [1.54, 1.807) is 13.3 Å². The Labute approximate surface area is 134 Å². The van der Waals surface area contributed by atoms with Crippen molar-refractivity contribution >= 4 is 23.2 Å². The van der Waals surface area contributed by atoms with Crippen LogP contribution >= 0.6 is 23.2 Å². The molecule has 0 saturated heterocycles. The van der Waals surface area contributed by atoms with Crippen LogP contribution in [-0.4, -0.2) is 17.2 Å². The van der Waals surface area contributed by atoms with E-state index in [1.165, 1.54) is 12.1 Å². The maximum absolute atomic E-state index is 9.47. The van der Waals surface area contributed by atoms with Crippen LogP contribution in [0.5, 0.6) is 11.6 Å². The molecule has 1 aromatic carbocycles. The van der Waals surface area contributed by atoms with Crippen molar-refractivity contribution in [1.29, 1.82) is 0 Å². The quantitative estimate of drug-likeness (QED) is 0.876. The second kappa shape index (κ2) is 6.54. The van der Waals surface area contributed by atoms with Gasteiger partial charge in [0.2, 0.25) is 5.88 Å². The van der Waals surface area contributed by atoms with Gasteiger partial charge in [-0.15, -0.1) is 0 Å². The monoisotopic (exact) mass is 325 g/mol. The molecule has 0 aliphatic carbocycles. The van der Waals surface area contributed by atoms with Crippen LogP contribution in [0.1, 0.15) is 36.5 Å². The maximum atomic E-state index is 9.47. The molecule has 0 amide bonds. The first kappa shape index (κ1) is 15.9. The van der Waals surface area contributed by atoms with Crippen LogP contribution in [0.2, 0.25) is 10.0 Å². The Morgan fingerprint density at radius 1 is 1.19 bits per heavy atom. The van der Waals surface area contributed by atoms with Gasteiger partial charge >= 0.3 is 0 Å². The number of rotatable bonds is 4. The third-order valence-corrected chi connectivity index (χ3v) is 3.93. The Hall–Kier alpha value is -1.45. The van der Waals surface area contributed by atoms with Gasteiger partial charge in [-0.1, -0.05) is 37.0 Å². The van der Waals surface area contributed by atoms with Gasteiger partial charge in [-0.2, -0.15) is 0 Å². The molecule has 21 heavy (non-hydrogen) atoms. The van der Waals surface area contributed by atoms with Crippen LogP contribution in [0.4, 0.5) is 0 Å². The molecular weight excluding hydrogens is 309 g/mol. The van der Waals surface area contributed by atoms with Gasteiger partial charge in [0.15, 0.2) is 0 Å². The van der Waals surface area contributed by atoms with Crippen LogP contribution in [0, 0.1) is 0 Å². The van der Waals surface area contributed by atoms with Gasteiger partial charge in [-0.25, -0.2) is 4.98 Å². The fourth-order valence-corrected chi connectivity index (χ4v) is 2.77. The zero-order chi connectivity index (χ0) is 15.6. The third kappa shape index (κ3) is 3.60. The lowest BCUT2D eigenvalue weighted by molar-refractivity contribution is 0.390. The summed E-state index contributed by atoms with van der Waals surface area (Å²) in [7, 11) is 1.61. The number of hydrogen-bond acceptors (Lipinski definition) is 3. The summed E-state index contributed by atoms with van der Waals surface area (Å²) >= 11 is 12.3. The first-order valence-electron chi connectivity index (χ1n) is 6.62. The topological polar surface area (TPSA) is 42.4 Å². The molecule has 1 aromatic heterocycles. The van der Waals surface area contributed by atoms with Crippen LogP contribution in [0.15, 0.2) is 24.4 Å². The number of nitrogens with zero attached hydrogens (tertiary/aromatic N) is 1. The van der Waals surface area contributed by atoms with Crippen molar-refractivity contribution in [3.63, 3.8) is 0 Å². The van der Waals surface area contributed by atoms with E-state index in [4.69, 9.17) is 27.9 Å². The van der Waals surface area contributed by atoms with E-state index < -0.39 is 0 Å². The summed E-state index contributed by atoms with van der Waals surface area (Å²) < 4.78 is 5.28. The molecule has 0 spiro atoms. The lowest BCUT2D eigenvalue weighted by Crippen LogP contribution is -2.00. The number of hydrogen-bond donors (Lipinski definition) is 1. The number of aromatic hydroxyl groups is 1. The Balaban J connectivity index is 2.39. The molecule has 0 radical (unpaired) electrons. The predicted octanol–water partition coefficient (Wildman–Crippen LogP) is 4.82. The minimum absolute atomic E-state index is 0.0597. The van der Waals surface area contributed by atoms with Gasteiger partial charge in [-0.05, 0) is 35.2 Å². The summed E-state index contributed by atoms with van der Waals surface area (Å²) in [6.07, 6.45) is 2.30. The number of benzene rings is 1. The Morgan fingerprint density at radius 2 is 1.81 bits per heavy atom. The molecule has 0 fully saturated rings. The Bertz CT molecular complexity index is 634. The van der Waals surface area contributed by atoms with E-state index in [1.807, 2.05) is 0 Å². The molecule has 1 heterocycles. The van der Waals surface area contributed by atoms with Crippen molar-refractivity contribution in [1.82, 2.24) is 4.98 Å². The molecular formula is C16H17Cl2NO2. The van der Waals surface area contributed by atoms with E-state index >= 15 is 0 Å². The number of ether oxygens (including phenoxy) is 1. The standard InChI is InChI=1S/C16H17Cl2NO2/c1-9(2)12-4-10(8-19-16(12)21-3)5-13-14(17)6-11(20)7-15(13)18/h4,6-9,20H,5H2,1-3H3. The second-order valence-corrected chi connectivity index (χ2v) is 5.98. The van der Waals surface area contributed by atoms with Crippen molar-refractivity contribution in [2.24, 2.45) is 0 Å². The number of methoxy groups -OCH3 is 1.